The molecule has 9 nitrogen and oxygen atoms in total. The Hall–Kier alpha value is -1.06. The molecule has 0 aromatic rings. The molecule has 0 fully saturated rings. The molecule has 0 aliphatic heterocycles. The Morgan fingerprint density at radius 1 is 0.586 bits per heavy atom. The van der Waals surface area contributed by atoms with Crippen LogP contribution >= 0.6 is 7.82 Å². The molecular formula is C48H96N2O7P+. The number of amides is 1. The number of nitrogens with zero attached hydrogens (tertiary/aromatic N) is 1. The molecule has 0 saturated carbocycles. The topological polar surface area (TPSA) is 125 Å². The van der Waals surface area contributed by atoms with Crippen molar-refractivity contribution in [1.82, 2.24) is 5.32 Å². The van der Waals surface area contributed by atoms with Crippen LogP contribution in [0.15, 0.2) is 24.3 Å². The van der Waals surface area contributed by atoms with Gasteiger partial charge in [-0.15, -0.1) is 0 Å². The molecule has 4 atom stereocenters. The van der Waals surface area contributed by atoms with Crippen LogP contribution in [0.1, 0.15) is 219 Å². The number of hydrogen-bond acceptors (Lipinski definition) is 6. The van der Waals surface area contributed by atoms with Crippen LogP contribution < -0.4 is 5.32 Å². The average molecular weight is 844 g/mol. The zero-order valence-electron chi connectivity index (χ0n) is 38.7. The zero-order valence-corrected chi connectivity index (χ0v) is 39.6. The lowest BCUT2D eigenvalue weighted by molar-refractivity contribution is -0.870. The Kier molecular flexibility index (Phi) is 39.3. The zero-order chi connectivity index (χ0) is 43.0. The molecule has 0 aromatic carbocycles. The first-order chi connectivity index (χ1) is 27.9. The normalized spacial score (nSPS) is 15.0. The maximum absolute atomic E-state index is 12.9. The van der Waals surface area contributed by atoms with Gasteiger partial charge in [-0.3, -0.25) is 13.8 Å². The molecule has 344 valence electrons. The van der Waals surface area contributed by atoms with E-state index in [-0.39, 0.29) is 18.9 Å². The molecule has 0 aromatic heterocycles. The number of aliphatic hydroxyl groups excluding tert-OH is 2. The van der Waals surface area contributed by atoms with Crippen molar-refractivity contribution >= 4 is 13.7 Å². The van der Waals surface area contributed by atoms with Crippen LogP contribution in [0, 0.1) is 0 Å². The summed E-state index contributed by atoms with van der Waals surface area (Å²) < 4.78 is 23.5. The highest BCUT2D eigenvalue weighted by Gasteiger charge is 2.31. The number of quaternary nitrogens is 1. The van der Waals surface area contributed by atoms with Gasteiger partial charge in [-0.2, -0.15) is 0 Å². The van der Waals surface area contributed by atoms with Crippen LogP contribution in [0.5, 0.6) is 0 Å². The minimum Gasteiger partial charge on any atom is -0.390 e. The largest absolute Gasteiger partial charge is 0.472 e. The van der Waals surface area contributed by atoms with Gasteiger partial charge in [0.2, 0.25) is 5.91 Å². The second-order valence-electron chi connectivity index (χ2n) is 18.0. The molecule has 4 unspecified atom stereocenters. The molecule has 58 heavy (non-hydrogen) atoms. The quantitative estimate of drug-likeness (QED) is 0.0208. The standard InChI is InChI=1S/C48H95N2O7P/c1-6-8-10-12-14-16-18-20-21-22-23-24-25-26-27-28-29-31-33-35-37-39-41-47(52)49-45(44-57-58(54,55)56-43-42-50(3,4)5)48(53)46(51)40-38-36-34-32-30-19-17-15-13-11-9-7-2/h15,17,32,34,45-46,48,51,53H,6-14,16,18-31,33,35-44H2,1-5H3,(H-,49,52,54,55)/p+1/b17-15+,34-32+. The molecule has 0 aliphatic rings. The van der Waals surface area contributed by atoms with E-state index in [9.17, 15) is 24.5 Å². The van der Waals surface area contributed by atoms with Crippen LogP contribution in [-0.2, 0) is 18.4 Å². The van der Waals surface area contributed by atoms with E-state index in [1.165, 1.54) is 141 Å². The molecule has 0 rings (SSSR count). The third-order valence-corrected chi connectivity index (χ3v) is 12.0. The van der Waals surface area contributed by atoms with E-state index in [4.69, 9.17) is 9.05 Å². The number of aliphatic hydroxyl groups is 2. The van der Waals surface area contributed by atoms with E-state index in [1.54, 1.807) is 0 Å². The minimum absolute atomic E-state index is 0.0156. The Labute approximate surface area is 358 Å². The second-order valence-corrected chi connectivity index (χ2v) is 19.4. The highest BCUT2D eigenvalue weighted by molar-refractivity contribution is 7.47. The number of phosphoric ester groups is 1. The van der Waals surface area contributed by atoms with Crippen LogP contribution in [0.2, 0.25) is 0 Å². The summed E-state index contributed by atoms with van der Waals surface area (Å²) in [5, 5.41) is 24.7. The molecule has 0 saturated heterocycles. The van der Waals surface area contributed by atoms with Crippen molar-refractivity contribution in [2.75, 3.05) is 40.9 Å². The van der Waals surface area contributed by atoms with Crippen LogP contribution in [-0.4, -0.2) is 84.6 Å². The van der Waals surface area contributed by atoms with E-state index >= 15 is 0 Å². The number of phosphoric acid groups is 1. The summed E-state index contributed by atoms with van der Waals surface area (Å²) in [6.45, 7) is 4.56. The molecule has 0 radical (unpaired) electrons. The summed E-state index contributed by atoms with van der Waals surface area (Å²) in [6, 6.07) is -1.05. The third-order valence-electron chi connectivity index (χ3n) is 11.0. The first kappa shape index (κ1) is 56.9. The molecule has 0 heterocycles. The van der Waals surface area contributed by atoms with Crippen LogP contribution in [0.3, 0.4) is 0 Å². The maximum atomic E-state index is 12.9. The van der Waals surface area contributed by atoms with Gasteiger partial charge in [0.05, 0.1) is 39.9 Å². The van der Waals surface area contributed by atoms with Gasteiger partial charge in [-0.25, -0.2) is 4.57 Å². The molecule has 0 aliphatic carbocycles. The van der Waals surface area contributed by atoms with Crippen LogP contribution in [0.4, 0.5) is 0 Å². The van der Waals surface area contributed by atoms with Crippen molar-refractivity contribution in [2.24, 2.45) is 0 Å². The first-order valence-corrected chi connectivity index (χ1v) is 25.8. The number of likely N-dealkylation sites (N-methyl/N-ethyl adjacent to an activating group) is 1. The highest BCUT2D eigenvalue weighted by atomic mass is 31.2. The van der Waals surface area contributed by atoms with Gasteiger partial charge in [-0.1, -0.05) is 186 Å². The van der Waals surface area contributed by atoms with Crippen molar-refractivity contribution in [3.8, 4) is 0 Å². The average Bonchev–Trinajstić information content (AvgIpc) is 3.17. The fraction of sp³-hybridized carbons (Fsp3) is 0.896. The van der Waals surface area contributed by atoms with Crippen molar-refractivity contribution < 1.29 is 38.0 Å². The summed E-state index contributed by atoms with van der Waals surface area (Å²) in [4.78, 5) is 23.2. The van der Waals surface area contributed by atoms with E-state index < -0.39 is 32.7 Å². The van der Waals surface area contributed by atoms with E-state index in [0.717, 1.165) is 44.9 Å². The fourth-order valence-corrected chi connectivity index (χ4v) is 7.84. The smallest absolute Gasteiger partial charge is 0.390 e. The number of nitrogens with one attached hydrogen (secondary N) is 1. The Balaban J connectivity index is 4.35. The van der Waals surface area contributed by atoms with Gasteiger partial charge in [0.25, 0.3) is 0 Å². The predicted molar refractivity (Wildman–Crippen MR) is 246 cm³/mol. The molecule has 1 amide bonds. The third kappa shape index (κ3) is 40.4. The molecule has 4 N–H and O–H groups in total. The Morgan fingerprint density at radius 2 is 0.983 bits per heavy atom. The summed E-state index contributed by atoms with van der Waals surface area (Å²) in [7, 11) is 1.42. The van der Waals surface area contributed by atoms with Crippen molar-refractivity contribution in [1.29, 1.82) is 0 Å². The molecule has 10 heteroatoms. The number of carbonyl (C=O) groups is 1. The summed E-state index contributed by atoms with van der Waals surface area (Å²) in [5.41, 5.74) is 0. The Morgan fingerprint density at radius 3 is 1.43 bits per heavy atom. The minimum atomic E-state index is -4.42. The van der Waals surface area contributed by atoms with Gasteiger partial charge >= 0.3 is 7.82 Å². The van der Waals surface area contributed by atoms with Gasteiger partial charge in [-0.05, 0) is 51.4 Å². The van der Waals surface area contributed by atoms with E-state index in [1.807, 2.05) is 21.1 Å². The molecular weight excluding hydrogens is 748 g/mol. The van der Waals surface area contributed by atoms with Gasteiger partial charge < -0.3 is 24.9 Å². The maximum Gasteiger partial charge on any atom is 0.472 e. The predicted octanol–water partition coefficient (Wildman–Crippen LogP) is 12.7. The van der Waals surface area contributed by atoms with E-state index in [2.05, 4.69) is 43.5 Å². The number of unbranched alkanes of at least 4 members (excludes halogenated alkanes) is 26. The number of carbonyl (C=O) groups excluding carboxylic acids is 1. The fourth-order valence-electron chi connectivity index (χ4n) is 7.10. The lowest BCUT2D eigenvalue weighted by atomic mass is 10.0. The second kappa shape index (κ2) is 40.0. The van der Waals surface area contributed by atoms with Gasteiger partial charge in [0.1, 0.15) is 19.3 Å². The highest BCUT2D eigenvalue weighted by Crippen LogP contribution is 2.43. The summed E-state index contributed by atoms with van der Waals surface area (Å²) in [5.74, 6) is -0.269. The van der Waals surface area contributed by atoms with Crippen molar-refractivity contribution in [3.63, 3.8) is 0 Å². The Bertz CT molecular complexity index is 1020. The lowest BCUT2D eigenvalue weighted by Gasteiger charge is -2.28. The van der Waals surface area contributed by atoms with Crippen molar-refractivity contribution in [3.05, 3.63) is 24.3 Å². The van der Waals surface area contributed by atoms with Crippen LogP contribution in [0.25, 0.3) is 0 Å². The van der Waals surface area contributed by atoms with Gasteiger partial charge in [0, 0.05) is 6.42 Å². The van der Waals surface area contributed by atoms with E-state index in [0.29, 0.717) is 23.9 Å². The lowest BCUT2D eigenvalue weighted by Crippen LogP contribution is -2.51. The summed E-state index contributed by atoms with van der Waals surface area (Å²) in [6.07, 6.45) is 44.0. The summed E-state index contributed by atoms with van der Waals surface area (Å²) >= 11 is 0. The molecule has 0 bridgehead atoms. The SMILES string of the molecule is CCCCC/C=C/CC/C=C/CCCC(O)C(O)C(COP(=O)(O)OCC[N+](C)(C)C)NC(=O)CCCCCCCCCCCCCCCCCCCCCCCC. The number of rotatable bonds is 44. The first-order valence-electron chi connectivity index (χ1n) is 24.3. The van der Waals surface area contributed by atoms with Crippen molar-refractivity contribution in [2.45, 2.75) is 238 Å². The monoisotopic (exact) mass is 844 g/mol. The number of hydrogen-bond donors (Lipinski definition) is 4. The number of allylic oxidation sites excluding steroid dienone is 4. The van der Waals surface area contributed by atoms with Gasteiger partial charge in [0.15, 0.2) is 0 Å². The molecule has 0 spiro atoms.